The second-order valence-corrected chi connectivity index (χ2v) is 3.22. The van der Waals surface area contributed by atoms with E-state index in [4.69, 9.17) is 4.74 Å². The molecule has 0 spiro atoms. The Morgan fingerprint density at radius 2 is 1.75 bits per heavy atom. The molecule has 0 saturated carbocycles. The molecule has 0 bridgehead atoms. The number of ether oxygens (including phenoxy) is 1. The van der Waals surface area contributed by atoms with Crippen molar-refractivity contribution in [2.45, 2.75) is 52.2 Å². The molecule has 0 rings (SSSR count). The van der Waals surface area contributed by atoms with Gasteiger partial charge in [0.25, 0.3) is 0 Å². The Kier molecular flexibility index (Phi) is 5.51. The van der Waals surface area contributed by atoms with Crippen LogP contribution in [0.15, 0.2) is 0 Å². The van der Waals surface area contributed by atoms with Crippen molar-refractivity contribution in [1.29, 1.82) is 0 Å². The summed E-state index contributed by atoms with van der Waals surface area (Å²) in [6.45, 7) is 9.42. The highest BCUT2D eigenvalue weighted by molar-refractivity contribution is 4.87. The minimum absolute atomic E-state index is 0.0312. The van der Waals surface area contributed by atoms with Gasteiger partial charge in [0.2, 0.25) is 0 Å². The molecule has 1 atom stereocenters. The summed E-state index contributed by atoms with van der Waals surface area (Å²) in [6.07, 6.45) is 2.14. The van der Waals surface area contributed by atoms with Crippen LogP contribution in [0.2, 0.25) is 0 Å². The largest absolute Gasteiger partial charge is 0.374 e. The van der Waals surface area contributed by atoms with Crippen LogP contribution < -0.4 is 5.32 Å². The first-order chi connectivity index (χ1) is 5.66. The highest BCUT2D eigenvalue weighted by atomic mass is 16.5. The van der Waals surface area contributed by atoms with Crippen LogP contribution in [0.3, 0.4) is 0 Å². The zero-order chi connectivity index (χ0) is 9.61. The maximum Gasteiger partial charge on any atom is 0.0826 e. The molecule has 0 aromatic carbocycles. The van der Waals surface area contributed by atoms with Gasteiger partial charge in [0.15, 0.2) is 0 Å². The molecule has 2 nitrogen and oxygen atoms in total. The highest BCUT2D eigenvalue weighted by Crippen LogP contribution is 2.24. The molecular weight excluding hydrogens is 150 g/mol. The van der Waals surface area contributed by atoms with Gasteiger partial charge in [-0.1, -0.05) is 13.8 Å². The van der Waals surface area contributed by atoms with E-state index in [-0.39, 0.29) is 5.60 Å². The van der Waals surface area contributed by atoms with Crippen LogP contribution in [-0.4, -0.2) is 25.3 Å². The van der Waals surface area contributed by atoms with Gasteiger partial charge >= 0.3 is 0 Å². The first-order valence-electron chi connectivity index (χ1n) is 4.98. The van der Waals surface area contributed by atoms with Gasteiger partial charge in [-0.05, 0) is 33.7 Å². The zero-order valence-electron chi connectivity index (χ0n) is 9.11. The minimum atomic E-state index is 0.0312. The van der Waals surface area contributed by atoms with E-state index in [2.05, 4.69) is 33.0 Å². The van der Waals surface area contributed by atoms with Gasteiger partial charge in [-0.25, -0.2) is 0 Å². The molecule has 0 amide bonds. The molecule has 0 aromatic heterocycles. The molecule has 1 N–H and O–H groups in total. The Morgan fingerprint density at radius 1 is 1.25 bits per heavy atom. The first kappa shape index (κ1) is 11.9. The van der Waals surface area contributed by atoms with E-state index in [1.807, 2.05) is 7.05 Å². The number of nitrogens with one attached hydrogen (secondary N) is 1. The van der Waals surface area contributed by atoms with Crippen molar-refractivity contribution in [2.24, 2.45) is 0 Å². The van der Waals surface area contributed by atoms with Crippen LogP contribution in [-0.2, 0) is 4.74 Å². The van der Waals surface area contributed by atoms with Crippen LogP contribution in [0.5, 0.6) is 0 Å². The molecule has 0 aromatic rings. The summed E-state index contributed by atoms with van der Waals surface area (Å²) >= 11 is 0. The lowest BCUT2D eigenvalue weighted by atomic mass is 9.89. The van der Waals surface area contributed by atoms with Crippen molar-refractivity contribution in [3.05, 3.63) is 0 Å². The lowest BCUT2D eigenvalue weighted by Gasteiger charge is -2.37. The smallest absolute Gasteiger partial charge is 0.0826 e. The Bertz CT molecular complexity index is 110. The molecule has 0 saturated heterocycles. The lowest BCUT2D eigenvalue weighted by Crippen LogP contribution is -2.49. The third-order valence-corrected chi connectivity index (χ3v) is 2.85. The van der Waals surface area contributed by atoms with Crippen LogP contribution in [0.1, 0.15) is 40.5 Å². The molecule has 2 heteroatoms. The first-order valence-corrected chi connectivity index (χ1v) is 4.98. The average Bonchev–Trinajstić information content (AvgIpc) is 2.13. The maximum atomic E-state index is 5.82. The summed E-state index contributed by atoms with van der Waals surface area (Å²) in [4.78, 5) is 0. The number of hydrogen-bond donors (Lipinski definition) is 1. The summed E-state index contributed by atoms with van der Waals surface area (Å²) < 4.78 is 5.82. The van der Waals surface area contributed by atoms with Crippen LogP contribution >= 0.6 is 0 Å². The number of likely N-dealkylation sites (N-methyl/N-ethyl adjacent to an activating group) is 1. The van der Waals surface area contributed by atoms with E-state index < -0.39 is 0 Å². The minimum Gasteiger partial charge on any atom is -0.374 e. The summed E-state index contributed by atoms with van der Waals surface area (Å²) in [5, 5.41) is 3.27. The molecule has 0 radical (unpaired) electrons. The van der Waals surface area contributed by atoms with Crippen LogP contribution in [0, 0.1) is 0 Å². The van der Waals surface area contributed by atoms with E-state index in [0.29, 0.717) is 6.04 Å². The second-order valence-electron chi connectivity index (χ2n) is 3.22. The fourth-order valence-electron chi connectivity index (χ4n) is 1.74. The number of hydrogen-bond acceptors (Lipinski definition) is 2. The predicted molar refractivity (Wildman–Crippen MR) is 53.5 cm³/mol. The van der Waals surface area contributed by atoms with E-state index in [0.717, 1.165) is 19.4 Å². The summed E-state index contributed by atoms with van der Waals surface area (Å²) in [6, 6.07) is 0.424. The Labute approximate surface area is 76.7 Å². The average molecular weight is 173 g/mol. The van der Waals surface area contributed by atoms with E-state index in [1.54, 1.807) is 0 Å². The van der Waals surface area contributed by atoms with Crippen molar-refractivity contribution in [3.8, 4) is 0 Å². The molecule has 0 aliphatic rings. The third kappa shape index (κ3) is 2.46. The molecule has 0 aliphatic carbocycles. The van der Waals surface area contributed by atoms with E-state index >= 15 is 0 Å². The summed E-state index contributed by atoms with van der Waals surface area (Å²) in [5.74, 6) is 0. The number of rotatable bonds is 6. The molecule has 12 heavy (non-hydrogen) atoms. The lowest BCUT2D eigenvalue weighted by molar-refractivity contribution is -0.0662. The monoisotopic (exact) mass is 173 g/mol. The van der Waals surface area contributed by atoms with Gasteiger partial charge in [-0.2, -0.15) is 0 Å². The molecule has 0 heterocycles. The van der Waals surface area contributed by atoms with Gasteiger partial charge in [-0.3, -0.25) is 0 Å². The standard InChI is InChI=1S/C10H23NO/c1-6-10(7-2,12-8-3)9(4)11-5/h9,11H,6-8H2,1-5H3. The fourth-order valence-corrected chi connectivity index (χ4v) is 1.74. The quantitative estimate of drug-likeness (QED) is 0.665. The normalized spacial score (nSPS) is 14.8. The van der Waals surface area contributed by atoms with Crippen molar-refractivity contribution in [1.82, 2.24) is 5.32 Å². The molecule has 1 unspecified atom stereocenters. The topological polar surface area (TPSA) is 21.3 Å². The fraction of sp³-hybridized carbons (Fsp3) is 1.00. The third-order valence-electron chi connectivity index (χ3n) is 2.85. The molecule has 0 aliphatic heterocycles. The maximum absolute atomic E-state index is 5.82. The van der Waals surface area contributed by atoms with Crippen molar-refractivity contribution in [3.63, 3.8) is 0 Å². The van der Waals surface area contributed by atoms with Gasteiger partial charge in [0.1, 0.15) is 0 Å². The molecule has 0 fully saturated rings. The predicted octanol–water partition coefficient (Wildman–Crippen LogP) is 2.19. The van der Waals surface area contributed by atoms with E-state index in [1.165, 1.54) is 0 Å². The summed E-state index contributed by atoms with van der Waals surface area (Å²) in [7, 11) is 1.99. The van der Waals surface area contributed by atoms with Crippen LogP contribution in [0.25, 0.3) is 0 Å². The Hall–Kier alpha value is -0.0800. The van der Waals surface area contributed by atoms with Crippen molar-refractivity contribution >= 4 is 0 Å². The van der Waals surface area contributed by atoms with Crippen LogP contribution in [0.4, 0.5) is 0 Å². The van der Waals surface area contributed by atoms with Crippen molar-refractivity contribution in [2.75, 3.05) is 13.7 Å². The van der Waals surface area contributed by atoms with Gasteiger partial charge in [0, 0.05) is 12.6 Å². The zero-order valence-corrected chi connectivity index (χ0v) is 9.11. The molecular formula is C10H23NO. The highest BCUT2D eigenvalue weighted by Gasteiger charge is 2.32. The Balaban J connectivity index is 4.33. The Morgan fingerprint density at radius 3 is 2.00 bits per heavy atom. The molecule has 74 valence electrons. The van der Waals surface area contributed by atoms with Gasteiger partial charge in [0.05, 0.1) is 5.60 Å². The van der Waals surface area contributed by atoms with Gasteiger partial charge in [-0.15, -0.1) is 0 Å². The SMILES string of the molecule is CCOC(CC)(CC)C(C)NC. The second kappa shape index (κ2) is 5.55. The van der Waals surface area contributed by atoms with E-state index in [9.17, 15) is 0 Å². The van der Waals surface area contributed by atoms with Crippen molar-refractivity contribution < 1.29 is 4.74 Å². The van der Waals surface area contributed by atoms with Gasteiger partial charge < -0.3 is 10.1 Å². The summed E-state index contributed by atoms with van der Waals surface area (Å²) in [5.41, 5.74) is 0.0312.